The Labute approximate surface area is 547 Å². The number of hydrogen-bond acceptors (Lipinski definition) is 17. The van der Waals surface area contributed by atoms with Gasteiger partial charge in [0.1, 0.15) is 34.4 Å². The van der Waals surface area contributed by atoms with Gasteiger partial charge in [-0.2, -0.15) is 0 Å². The van der Waals surface area contributed by atoms with E-state index in [2.05, 4.69) is 29.2 Å². The molecular weight excluding hydrogens is 1310 g/mol. The van der Waals surface area contributed by atoms with Gasteiger partial charge in [-0.15, -0.1) is 26.3 Å². The zero-order valence-electron chi connectivity index (χ0n) is 51.4. The van der Waals surface area contributed by atoms with Crippen LogP contribution in [0.25, 0.3) is 44.1 Å². The topological polar surface area (TPSA) is 248 Å². The lowest BCUT2D eigenvalue weighted by molar-refractivity contribution is -0.275. The van der Waals surface area contributed by atoms with Gasteiger partial charge in [-0.3, -0.25) is 0 Å². The molecule has 4 bridgehead atoms. The summed E-state index contributed by atoms with van der Waals surface area (Å²) in [6.45, 7) is 0.369. The molecule has 0 spiro atoms. The number of esters is 2. The monoisotopic (exact) mass is 1380 g/mol. The number of benzene rings is 6. The summed E-state index contributed by atoms with van der Waals surface area (Å²) in [5, 5.41) is 10.1. The Hall–Kier alpha value is -7.59. The van der Waals surface area contributed by atoms with Crippen LogP contribution in [0.2, 0.25) is 0 Å². The first kappa shape index (κ1) is 67.4. The van der Waals surface area contributed by atoms with Gasteiger partial charge in [0.25, 0.3) is 9.05 Å². The molecule has 27 heteroatoms. The minimum absolute atomic E-state index is 0.0209. The number of sulfonamides is 1. The predicted octanol–water partition coefficient (Wildman–Crippen LogP) is 14.8. The molecular formula is C68H67ClF6N4O14S2. The van der Waals surface area contributed by atoms with Crippen molar-refractivity contribution in [3.63, 3.8) is 0 Å². The fraction of sp³-hybridized carbons (Fsp3) is 0.412. The van der Waals surface area contributed by atoms with Gasteiger partial charge >= 0.3 is 24.7 Å². The average Bonchev–Trinajstić information content (AvgIpc) is 1.79. The van der Waals surface area contributed by atoms with E-state index in [0.717, 1.165) is 75.5 Å². The van der Waals surface area contributed by atoms with E-state index < -0.39 is 43.7 Å². The third-order valence-corrected chi connectivity index (χ3v) is 21.7. The van der Waals surface area contributed by atoms with E-state index in [1.165, 1.54) is 68.8 Å². The maximum Gasteiger partial charge on any atom is 0.573 e. The van der Waals surface area contributed by atoms with Crippen LogP contribution >= 0.6 is 10.7 Å². The van der Waals surface area contributed by atoms with Gasteiger partial charge in [-0.05, 0) is 160 Å². The van der Waals surface area contributed by atoms with E-state index in [-0.39, 0.29) is 105 Å². The number of carbonyl (C=O) groups is 2. The van der Waals surface area contributed by atoms with Crippen LogP contribution < -0.4 is 19.9 Å². The molecule has 0 amide bonds. The maximum atomic E-state index is 13.8. The summed E-state index contributed by atoms with van der Waals surface area (Å²) >= 11 is 0. The van der Waals surface area contributed by atoms with Crippen LogP contribution in [0, 0.1) is 23.7 Å². The van der Waals surface area contributed by atoms with Gasteiger partial charge in [0.15, 0.2) is 0 Å². The lowest BCUT2D eigenvalue weighted by Gasteiger charge is -2.35. The number of rotatable bonds is 18. The largest absolute Gasteiger partial charge is 0.573 e. The Morgan fingerprint density at radius 3 is 1.33 bits per heavy atom. The van der Waals surface area contributed by atoms with Crippen molar-refractivity contribution >= 4 is 63.2 Å². The average molecular weight is 1380 g/mol. The van der Waals surface area contributed by atoms with Crippen LogP contribution in [0.15, 0.2) is 140 Å². The summed E-state index contributed by atoms with van der Waals surface area (Å²) in [4.78, 5) is 24.0. The van der Waals surface area contributed by atoms with Gasteiger partial charge in [-0.25, -0.2) is 31.1 Å². The van der Waals surface area contributed by atoms with E-state index in [1.807, 2.05) is 0 Å². The van der Waals surface area contributed by atoms with Crippen molar-refractivity contribution in [1.29, 1.82) is 0 Å². The zero-order valence-corrected chi connectivity index (χ0v) is 53.8. The summed E-state index contributed by atoms with van der Waals surface area (Å²) in [7, 11) is 0.105. The van der Waals surface area contributed by atoms with E-state index in [1.54, 1.807) is 66.7 Å². The van der Waals surface area contributed by atoms with Gasteiger partial charge in [0.2, 0.25) is 10.0 Å². The zero-order chi connectivity index (χ0) is 67.1. The summed E-state index contributed by atoms with van der Waals surface area (Å²) in [5.41, 5.74) is 9.29. The number of fused-ring (bicyclic) bond motifs is 6. The first-order valence-electron chi connectivity index (χ1n) is 31.2. The SMILES string of the molecule is COC(=O)c1ccc(S(=O)(=O)Cl)c2ccccc12.COC(=O)c1ccc(S(=O)(=O)NC2C3CCC2CC(OCc2c(-c4ccccc4OC(F)(F)F)noc2C2CC2)C3)c2ccccc12.NC1C2CCC1CC(OCc1c(-c3ccccc3OC(F)(F)F)noc1C1CC1)C2. The van der Waals surface area contributed by atoms with Crippen molar-refractivity contribution in [2.45, 2.75) is 149 Å². The Bertz CT molecular complexity index is 4360. The van der Waals surface area contributed by atoms with Crippen molar-refractivity contribution in [1.82, 2.24) is 15.0 Å². The molecule has 2 heterocycles. The Morgan fingerprint density at radius 2 is 0.916 bits per heavy atom. The number of halogens is 7. The normalized spacial score (nSPS) is 22.5. The Kier molecular flexibility index (Phi) is 19.5. The quantitative estimate of drug-likeness (QED) is 0.0460. The molecule has 6 aliphatic rings. The van der Waals surface area contributed by atoms with Crippen LogP contribution in [0.5, 0.6) is 11.5 Å². The molecule has 6 fully saturated rings. The smallest absolute Gasteiger partial charge is 0.465 e. The molecule has 4 unspecified atom stereocenters. The molecule has 18 nitrogen and oxygen atoms in total. The summed E-state index contributed by atoms with van der Waals surface area (Å²) in [6.07, 6.45) is 1.18. The van der Waals surface area contributed by atoms with Crippen molar-refractivity contribution in [2.24, 2.45) is 29.4 Å². The second-order valence-corrected chi connectivity index (χ2v) is 29.1. The number of nitrogens with one attached hydrogen (secondary N) is 1. The number of carbonyl (C=O) groups excluding carboxylic acids is 2. The fourth-order valence-electron chi connectivity index (χ4n) is 14.1. The molecule has 6 saturated carbocycles. The van der Waals surface area contributed by atoms with Gasteiger partial charge < -0.3 is 43.2 Å². The molecule has 2 aromatic heterocycles. The molecule has 504 valence electrons. The van der Waals surface area contributed by atoms with E-state index in [9.17, 15) is 52.8 Å². The molecule has 0 aliphatic heterocycles. The van der Waals surface area contributed by atoms with Crippen LogP contribution in [-0.2, 0) is 51.2 Å². The van der Waals surface area contributed by atoms with Crippen LogP contribution in [-0.4, -0.2) is 90.3 Å². The highest BCUT2D eigenvalue weighted by molar-refractivity contribution is 8.14. The number of hydrogen-bond donors (Lipinski definition) is 2. The second-order valence-electron chi connectivity index (χ2n) is 24.8. The lowest BCUT2D eigenvalue weighted by atomic mass is 9.83. The van der Waals surface area contributed by atoms with Gasteiger partial charge in [0, 0.05) is 67.6 Å². The number of ether oxygens (including phenoxy) is 6. The first-order chi connectivity index (χ1) is 45.4. The standard InChI is InChI=1S/C34H33F3N2O7S.C22H25F3N2O3.C12H9ClO4S/c1-43-33(40)25-14-15-29(24-7-3-2-6-23(24)25)47(41,42)39-30-20-12-13-21(30)17-22(16-20)44-18-27-31(38-46-32(27)19-10-11-19)26-8-4-5-9-28(26)45-34(35,36)37;23-22(24,25)29-18-4-2-1-3-16(18)20-17(21(30-27-20)12-5-6-12)11-28-15-9-13-7-8-14(10-15)19(13)26;1-17-12(14)10-6-7-11(18(13,15)16)9-5-3-2-4-8(9)10/h2-9,14-15,19-22,30,39H,10-13,16-18H2,1H3;1-4,12-15,19H,5-11,26H2;2-7H,1H3. The van der Waals surface area contributed by atoms with Crippen LogP contribution in [0.1, 0.15) is 132 Å². The highest BCUT2D eigenvalue weighted by Crippen LogP contribution is 2.50. The van der Waals surface area contributed by atoms with E-state index >= 15 is 0 Å². The molecule has 6 aromatic carbocycles. The van der Waals surface area contributed by atoms with E-state index in [4.69, 9.17) is 39.7 Å². The number of para-hydroxylation sites is 2. The summed E-state index contributed by atoms with van der Waals surface area (Å²) in [6, 6.07) is 30.9. The number of nitrogens with two attached hydrogens (primary N) is 1. The molecule has 14 rings (SSSR count). The highest BCUT2D eigenvalue weighted by atomic mass is 35.7. The van der Waals surface area contributed by atoms with Crippen molar-refractivity contribution < 1.29 is 90.2 Å². The van der Waals surface area contributed by atoms with Crippen LogP contribution in [0.4, 0.5) is 26.3 Å². The molecule has 0 saturated heterocycles. The third-order valence-electron chi connectivity index (χ3n) is 18.8. The second kappa shape index (κ2) is 27.5. The van der Waals surface area contributed by atoms with Crippen molar-refractivity contribution in [3.8, 4) is 34.0 Å². The molecule has 0 radical (unpaired) electrons. The fourth-order valence-corrected chi connectivity index (χ4v) is 16.8. The number of alkyl halides is 6. The molecule has 95 heavy (non-hydrogen) atoms. The minimum atomic E-state index is -4.87. The molecule has 3 N–H and O–H groups in total. The summed E-state index contributed by atoms with van der Waals surface area (Å²) < 4.78 is 174. The minimum Gasteiger partial charge on any atom is -0.465 e. The highest BCUT2D eigenvalue weighted by Gasteiger charge is 2.47. The lowest BCUT2D eigenvalue weighted by Crippen LogP contribution is -2.46. The first-order valence-corrected chi connectivity index (χ1v) is 35.0. The van der Waals surface area contributed by atoms with Gasteiger partial charge in [-0.1, -0.05) is 83.1 Å². The number of methoxy groups -OCH3 is 2. The molecule has 6 aliphatic carbocycles. The third kappa shape index (κ3) is 15.2. The van der Waals surface area contributed by atoms with E-state index in [0.29, 0.717) is 68.8 Å². The number of nitrogens with zero attached hydrogens (tertiary/aromatic N) is 2. The summed E-state index contributed by atoms with van der Waals surface area (Å²) in [5.74, 6) is 1.11. The predicted molar refractivity (Wildman–Crippen MR) is 335 cm³/mol. The van der Waals surface area contributed by atoms with Crippen molar-refractivity contribution in [2.75, 3.05) is 14.2 Å². The number of aromatic nitrogens is 2. The Morgan fingerprint density at radius 1 is 0.537 bits per heavy atom. The molecule has 4 atom stereocenters. The van der Waals surface area contributed by atoms with Crippen molar-refractivity contribution in [3.05, 3.63) is 155 Å². The maximum absolute atomic E-state index is 13.8. The molecule has 8 aromatic rings. The Balaban J connectivity index is 0.000000153. The van der Waals surface area contributed by atoms with Gasteiger partial charge in [0.05, 0.1) is 60.6 Å². The van der Waals surface area contributed by atoms with Crippen LogP contribution in [0.3, 0.4) is 0 Å².